The molecule has 1 aromatic heterocycles. The number of benzene rings is 2. The van der Waals surface area contributed by atoms with Gasteiger partial charge >= 0.3 is 5.97 Å². The lowest BCUT2D eigenvalue weighted by Gasteiger charge is -2.40. The first-order valence-corrected chi connectivity index (χ1v) is 9.69. The van der Waals surface area contributed by atoms with E-state index in [0.29, 0.717) is 5.56 Å². The number of H-pyrrole nitrogens is 1. The molecule has 28 heavy (non-hydrogen) atoms. The highest BCUT2D eigenvalue weighted by atomic mass is 16.4. The molecule has 0 spiro atoms. The molecule has 5 heteroatoms. The Morgan fingerprint density at radius 3 is 2.68 bits per heavy atom. The van der Waals surface area contributed by atoms with Crippen LogP contribution in [0.2, 0.25) is 0 Å². The summed E-state index contributed by atoms with van der Waals surface area (Å²) in [6.45, 7) is 5.29. The van der Waals surface area contributed by atoms with Crippen molar-refractivity contribution < 1.29 is 9.90 Å². The Kier molecular flexibility index (Phi) is 5.01. The fourth-order valence-electron chi connectivity index (χ4n) is 4.26. The van der Waals surface area contributed by atoms with Gasteiger partial charge in [-0.3, -0.25) is 10.00 Å². The molecule has 0 bridgehead atoms. The standard InChI is InChI=1S/C23H25N3O2/c1-23(21-11-13-24-25-21)12-4-14-26(16-23)15-17-7-9-18(10-8-17)19-5-2-3-6-20(19)22(27)28/h2-3,5-11,13H,4,12,14-16H2,1H3,(H,24,25)(H,27,28). The van der Waals surface area contributed by atoms with Crippen LogP contribution >= 0.6 is 0 Å². The number of rotatable bonds is 5. The van der Waals surface area contributed by atoms with Crippen molar-refractivity contribution in [3.63, 3.8) is 0 Å². The molecule has 1 fully saturated rings. The molecule has 144 valence electrons. The van der Waals surface area contributed by atoms with Gasteiger partial charge in [0.05, 0.1) is 5.56 Å². The first-order chi connectivity index (χ1) is 13.5. The van der Waals surface area contributed by atoms with Crippen molar-refractivity contribution in [1.82, 2.24) is 15.1 Å². The van der Waals surface area contributed by atoms with Crippen molar-refractivity contribution in [2.45, 2.75) is 31.7 Å². The maximum Gasteiger partial charge on any atom is 0.336 e. The molecule has 1 atom stereocenters. The smallest absolute Gasteiger partial charge is 0.336 e. The minimum Gasteiger partial charge on any atom is -0.478 e. The van der Waals surface area contributed by atoms with Crippen LogP contribution in [-0.2, 0) is 12.0 Å². The Morgan fingerprint density at radius 1 is 1.18 bits per heavy atom. The molecule has 0 amide bonds. The summed E-state index contributed by atoms with van der Waals surface area (Å²) in [5.41, 5.74) is 4.58. The van der Waals surface area contributed by atoms with E-state index in [1.165, 1.54) is 17.7 Å². The summed E-state index contributed by atoms with van der Waals surface area (Å²) in [5, 5.41) is 16.7. The average molecular weight is 375 g/mol. The van der Waals surface area contributed by atoms with Crippen LogP contribution in [0.5, 0.6) is 0 Å². The minimum absolute atomic E-state index is 0.106. The van der Waals surface area contributed by atoms with Crippen molar-refractivity contribution in [2.24, 2.45) is 0 Å². The predicted octanol–water partition coefficient (Wildman–Crippen LogP) is 4.33. The molecule has 0 aliphatic carbocycles. The summed E-state index contributed by atoms with van der Waals surface area (Å²) in [4.78, 5) is 14.0. The Bertz CT molecular complexity index is 950. The second-order valence-electron chi connectivity index (χ2n) is 7.89. The fraction of sp³-hybridized carbons (Fsp3) is 0.304. The molecule has 1 unspecified atom stereocenters. The van der Waals surface area contributed by atoms with Gasteiger partial charge in [0.25, 0.3) is 0 Å². The summed E-state index contributed by atoms with van der Waals surface area (Å²) < 4.78 is 0. The number of nitrogens with zero attached hydrogens (tertiary/aromatic N) is 2. The molecule has 2 heterocycles. The van der Waals surface area contributed by atoms with Crippen LogP contribution < -0.4 is 0 Å². The van der Waals surface area contributed by atoms with Crippen LogP contribution in [0.3, 0.4) is 0 Å². The third-order valence-electron chi connectivity index (χ3n) is 5.76. The molecule has 2 N–H and O–H groups in total. The largest absolute Gasteiger partial charge is 0.478 e. The van der Waals surface area contributed by atoms with Gasteiger partial charge in [-0.2, -0.15) is 5.10 Å². The van der Waals surface area contributed by atoms with Crippen LogP contribution in [0.1, 0.15) is 41.4 Å². The number of hydrogen-bond donors (Lipinski definition) is 2. The molecular weight excluding hydrogens is 350 g/mol. The molecule has 0 saturated carbocycles. The van der Waals surface area contributed by atoms with Gasteiger partial charge in [0, 0.05) is 30.4 Å². The number of hydrogen-bond acceptors (Lipinski definition) is 3. The van der Waals surface area contributed by atoms with E-state index < -0.39 is 5.97 Å². The van der Waals surface area contributed by atoms with Crippen LogP contribution in [0.15, 0.2) is 60.8 Å². The summed E-state index contributed by atoms with van der Waals surface area (Å²) in [5.74, 6) is -0.897. The Labute approximate surface area is 165 Å². The van der Waals surface area contributed by atoms with Crippen LogP contribution in [0.25, 0.3) is 11.1 Å². The van der Waals surface area contributed by atoms with E-state index >= 15 is 0 Å². The number of aromatic amines is 1. The normalized spacial score (nSPS) is 20.2. The van der Waals surface area contributed by atoms with E-state index in [4.69, 9.17) is 0 Å². The number of carboxylic acid groups (broad SMARTS) is 1. The molecular formula is C23H25N3O2. The highest BCUT2D eigenvalue weighted by molar-refractivity contribution is 5.95. The van der Waals surface area contributed by atoms with Crippen molar-refractivity contribution >= 4 is 5.97 Å². The van der Waals surface area contributed by atoms with Gasteiger partial charge in [-0.1, -0.05) is 49.4 Å². The van der Waals surface area contributed by atoms with Gasteiger partial charge in [-0.25, -0.2) is 4.79 Å². The summed E-state index contributed by atoms with van der Waals surface area (Å²) >= 11 is 0. The third kappa shape index (κ3) is 3.71. The lowest BCUT2D eigenvalue weighted by Crippen LogP contribution is -2.44. The summed E-state index contributed by atoms with van der Waals surface area (Å²) in [6.07, 6.45) is 4.16. The molecule has 1 aliphatic rings. The van der Waals surface area contributed by atoms with Crippen molar-refractivity contribution in [3.05, 3.63) is 77.6 Å². The summed E-state index contributed by atoms with van der Waals surface area (Å²) in [6, 6.07) is 17.5. The van der Waals surface area contributed by atoms with Gasteiger partial charge in [0.2, 0.25) is 0 Å². The molecule has 1 saturated heterocycles. The third-order valence-corrected chi connectivity index (χ3v) is 5.76. The van der Waals surface area contributed by atoms with E-state index in [-0.39, 0.29) is 5.41 Å². The molecule has 5 nitrogen and oxygen atoms in total. The number of piperidine rings is 1. The number of carbonyl (C=O) groups is 1. The van der Waals surface area contributed by atoms with Gasteiger partial charge in [-0.05, 0) is 48.2 Å². The summed E-state index contributed by atoms with van der Waals surface area (Å²) in [7, 11) is 0. The minimum atomic E-state index is -0.897. The van der Waals surface area contributed by atoms with Crippen LogP contribution in [0.4, 0.5) is 0 Å². The van der Waals surface area contributed by atoms with E-state index in [1.807, 2.05) is 30.5 Å². The van der Waals surface area contributed by atoms with Crippen molar-refractivity contribution in [2.75, 3.05) is 13.1 Å². The molecule has 2 aromatic carbocycles. The molecule has 4 rings (SSSR count). The number of aromatic carboxylic acids is 1. The number of nitrogens with one attached hydrogen (secondary N) is 1. The highest BCUT2D eigenvalue weighted by Crippen LogP contribution is 2.33. The maximum atomic E-state index is 11.5. The average Bonchev–Trinajstić information content (AvgIpc) is 3.25. The Hall–Kier alpha value is -2.92. The lowest BCUT2D eigenvalue weighted by molar-refractivity contribution is 0.0697. The number of carboxylic acids is 1. The topological polar surface area (TPSA) is 69.2 Å². The van der Waals surface area contributed by atoms with Crippen molar-refractivity contribution in [1.29, 1.82) is 0 Å². The van der Waals surface area contributed by atoms with Crippen LogP contribution in [-0.4, -0.2) is 39.3 Å². The zero-order valence-corrected chi connectivity index (χ0v) is 16.1. The molecule has 1 aliphatic heterocycles. The molecule has 3 aromatic rings. The SMILES string of the molecule is CC1(c2ccn[nH]2)CCCN(Cc2ccc(-c3ccccc3C(=O)O)cc2)C1. The van der Waals surface area contributed by atoms with E-state index in [1.54, 1.807) is 12.1 Å². The Balaban J connectivity index is 1.49. The highest BCUT2D eigenvalue weighted by Gasteiger charge is 2.33. The quantitative estimate of drug-likeness (QED) is 0.696. The molecule has 0 radical (unpaired) electrons. The Morgan fingerprint density at radius 2 is 1.96 bits per heavy atom. The zero-order chi connectivity index (χ0) is 19.6. The fourth-order valence-corrected chi connectivity index (χ4v) is 4.26. The monoisotopic (exact) mass is 375 g/mol. The van der Waals surface area contributed by atoms with Gasteiger partial charge < -0.3 is 5.11 Å². The van der Waals surface area contributed by atoms with Gasteiger partial charge in [-0.15, -0.1) is 0 Å². The van der Waals surface area contributed by atoms with E-state index in [9.17, 15) is 9.90 Å². The van der Waals surface area contributed by atoms with Gasteiger partial charge in [0.15, 0.2) is 0 Å². The second kappa shape index (κ2) is 7.60. The number of aromatic nitrogens is 2. The van der Waals surface area contributed by atoms with Crippen molar-refractivity contribution in [3.8, 4) is 11.1 Å². The first kappa shape index (κ1) is 18.4. The lowest BCUT2D eigenvalue weighted by atomic mass is 9.79. The van der Waals surface area contributed by atoms with E-state index in [0.717, 1.165) is 37.2 Å². The first-order valence-electron chi connectivity index (χ1n) is 9.69. The number of likely N-dealkylation sites (tertiary alicyclic amines) is 1. The van der Waals surface area contributed by atoms with E-state index in [2.05, 4.69) is 40.2 Å². The van der Waals surface area contributed by atoms with Gasteiger partial charge in [0.1, 0.15) is 0 Å². The zero-order valence-electron chi connectivity index (χ0n) is 16.1. The maximum absolute atomic E-state index is 11.5. The second-order valence-corrected chi connectivity index (χ2v) is 7.89. The predicted molar refractivity (Wildman–Crippen MR) is 109 cm³/mol. The van der Waals surface area contributed by atoms with Crippen LogP contribution in [0, 0.1) is 0 Å².